The molecular formula is C77H144O6. The van der Waals surface area contributed by atoms with Crippen LogP contribution in [0.1, 0.15) is 419 Å². The molecule has 0 aromatic rings. The lowest BCUT2D eigenvalue weighted by Crippen LogP contribution is -2.30. The molecule has 0 amide bonds. The van der Waals surface area contributed by atoms with Crippen molar-refractivity contribution >= 4 is 17.9 Å². The average Bonchev–Trinajstić information content (AvgIpc) is 3.49. The van der Waals surface area contributed by atoms with Gasteiger partial charge in [0.05, 0.1) is 0 Å². The summed E-state index contributed by atoms with van der Waals surface area (Å²) in [5.41, 5.74) is 0. The zero-order chi connectivity index (χ0) is 59.9. The van der Waals surface area contributed by atoms with Crippen LogP contribution in [0.2, 0.25) is 0 Å². The number of rotatable bonds is 70. The Hall–Kier alpha value is -2.37. The van der Waals surface area contributed by atoms with Gasteiger partial charge < -0.3 is 14.2 Å². The zero-order valence-corrected chi connectivity index (χ0v) is 56.2. The number of carbonyl (C=O) groups excluding carboxylic acids is 3. The van der Waals surface area contributed by atoms with Gasteiger partial charge in [0, 0.05) is 19.3 Å². The standard InChI is InChI=1S/C77H144O6/c1-4-7-10-13-16-19-22-25-27-29-31-33-35-37-38-40-41-43-45-47-49-52-55-58-61-64-67-70-76(79)82-73-74(72-81-75(78)69-66-63-60-57-54-51-24-21-18-15-12-9-6-3)83-77(80)71-68-65-62-59-56-53-50-48-46-44-42-39-36-34-32-30-28-26-23-20-17-14-11-8-5-2/h21,24,29-32,74H,4-20,22-23,25-28,33-73H2,1-3H3/b24-21-,31-29-,32-30-. The van der Waals surface area contributed by atoms with Crippen LogP contribution in [-0.4, -0.2) is 37.2 Å². The highest BCUT2D eigenvalue weighted by Gasteiger charge is 2.20. The zero-order valence-electron chi connectivity index (χ0n) is 56.2. The summed E-state index contributed by atoms with van der Waals surface area (Å²) in [7, 11) is 0. The number of allylic oxidation sites excluding steroid dienone is 6. The summed E-state index contributed by atoms with van der Waals surface area (Å²) in [6.45, 7) is 6.69. The highest BCUT2D eigenvalue weighted by atomic mass is 16.6. The van der Waals surface area contributed by atoms with Gasteiger partial charge in [0.1, 0.15) is 13.2 Å². The first-order valence-corrected chi connectivity index (χ1v) is 37.5. The molecule has 1 atom stereocenters. The molecule has 6 heteroatoms. The first kappa shape index (κ1) is 80.6. The predicted molar refractivity (Wildman–Crippen MR) is 362 cm³/mol. The van der Waals surface area contributed by atoms with E-state index in [4.69, 9.17) is 14.2 Å². The van der Waals surface area contributed by atoms with Gasteiger partial charge in [-0.15, -0.1) is 0 Å². The molecule has 0 fully saturated rings. The van der Waals surface area contributed by atoms with E-state index in [1.54, 1.807) is 0 Å². The van der Waals surface area contributed by atoms with Crippen LogP contribution in [0.4, 0.5) is 0 Å². The van der Waals surface area contributed by atoms with Gasteiger partial charge in [-0.05, 0) is 96.3 Å². The van der Waals surface area contributed by atoms with Crippen molar-refractivity contribution in [3.63, 3.8) is 0 Å². The number of carbonyl (C=O) groups is 3. The number of unbranched alkanes of at least 4 members (excludes halogenated alkanes) is 53. The van der Waals surface area contributed by atoms with Gasteiger partial charge in [0.15, 0.2) is 6.10 Å². The number of esters is 3. The molecule has 0 spiro atoms. The maximum Gasteiger partial charge on any atom is 0.306 e. The second kappa shape index (κ2) is 72.1. The van der Waals surface area contributed by atoms with Crippen LogP contribution < -0.4 is 0 Å². The van der Waals surface area contributed by atoms with Crippen molar-refractivity contribution in [2.24, 2.45) is 0 Å². The predicted octanol–water partition coefficient (Wildman–Crippen LogP) is 25.9. The minimum Gasteiger partial charge on any atom is -0.462 e. The Kier molecular flexibility index (Phi) is 70.0. The average molecular weight is 1170 g/mol. The van der Waals surface area contributed by atoms with Crippen molar-refractivity contribution in [3.05, 3.63) is 36.5 Å². The molecule has 0 saturated carbocycles. The number of hydrogen-bond donors (Lipinski definition) is 0. The second-order valence-electron chi connectivity index (χ2n) is 25.6. The molecule has 0 radical (unpaired) electrons. The molecule has 488 valence electrons. The molecule has 0 rings (SSSR count). The largest absolute Gasteiger partial charge is 0.462 e. The second-order valence-corrected chi connectivity index (χ2v) is 25.6. The third-order valence-corrected chi connectivity index (χ3v) is 17.1. The summed E-state index contributed by atoms with van der Waals surface area (Å²) in [5.74, 6) is -0.849. The maximum absolute atomic E-state index is 13.0. The van der Waals surface area contributed by atoms with E-state index in [1.807, 2.05) is 0 Å². The van der Waals surface area contributed by atoms with E-state index >= 15 is 0 Å². The van der Waals surface area contributed by atoms with Gasteiger partial charge in [-0.3, -0.25) is 14.4 Å². The molecule has 0 bridgehead atoms. The minimum atomic E-state index is -0.775. The van der Waals surface area contributed by atoms with Gasteiger partial charge in [-0.25, -0.2) is 0 Å². The Labute approximate surface area is 518 Å². The highest BCUT2D eigenvalue weighted by Crippen LogP contribution is 2.19. The van der Waals surface area contributed by atoms with Gasteiger partial charge in [0.2, 0.25) is 0 Å². The third-order valence-electron chi connectivity index (χ3n) is 17.1. The van der Waals surface area contributed by atoms with E-state index in [1.165, 1.54) is 315 Å². The Morgan fingerprint density at radius 3 is 0.614 bits per heavy atom. The van der Waals surface area contributed by atoms with Gasteiger partial charge in [-0.1, -0.05) is 340 Å². The fourth-order valence-electron chi connectivity index (χ4n) is 11.4. The Morgan fingerprint density at radius 1 is 0.229 bits per heavy atom. The summed E-state index contributed by atoms with van der Waals surface area (Å²) in [4.78, 5) is 38.5. The van der Waals surface area contributed by atoms with Crippen LogP contribution >= 0.6 is 0 Å². The van der Waals surface area contributed by atoms with E-state index in [0.717, 1.165) is 64.2 Å². The summed E-state index contributed by atoms with van der Waals surface area (Å²) < 4.78 is 17.0. The molecule has 6 nitrogen and oxygen atoms in total. The first-order valence-electron chi connectivity index (χ1n) is 37.5. The van der Waals surface area contributed by atoms with Crippen molar-refractivity contribution in [2.75, 3.05) is 13.2 Å². The summed E-state index contributed by atoms with van der Waals surface area (Å²) in [6.07, 6.45) is 90.5. The summed E-state index contributed by atoms with van der Waals surface area (Å²) >= 11 is 0. The molecule has 0 aliphatic heterocycles. The Bertz CT molecular complexity index is 1380. The molecule has 83 heavy (non-hydrogen) atoms. The molecule has 0 N–H and O–H groups in total. The van der Waals surface area contributed by atoms with Crippen molar-refractivity contribution in [1.82, 2.24) is 0 Å². The molecule has 0 aromatic heterocycles. The van der Waals surface area contributed by atoms with Crippen molar-refractivity contribution in [3.8, 4) is 0 Å². The highest BCUT2D eigenvalue weighted by molar-refractivity contribution is 5.71. The summed E-state index contributed by atoms with van der Waals surface area (Å²) in [5, 5.41) is 0. The lowest BCUT2D eigenvalue weighted by Gasteiger charge is -2.18. The fourth-order valence-corrected chi connectivity index (χ4v) is 11.4. The molecule has 1 unspecified atom stereocenters. The van der Waals surface area contributed by atoms with E-state index in [0.29, 0.717) is 19.3 Å². The van der Waals surface area contributed by atoms with Crippen LogP contribution in [0.3, 0.4) is 0 Å². The monoisotopic (exact) mass is 1170 g/mol. The Morgan fingerprint density at radius 2 is 0.398 bits per heavy atom. The topological polar surface area (TPSA) is 78.9 Å². The molecule has 0 aliphatic rings. The third kappa shape index (κ3) is 70.3. The fraction of sp³-hybridized carbons (Fsp3) is 0.883. The van der Waals surface area contributed by atoms with Crippen LogP contribution in [0.15, 0.2) is 36.5 Å². The number of hydrogen-bond acceptors (Lipinski definition) is 6. The van der Waals surface area contributed by atoms with Crippen molar-refractivity contribution < 1.29 is 28.6 Å². The van der Waals surface area contributed by atoms with Gasteiger partial charge >= 0.3 is 17.9 Å². The van der Waals surface area contributed by atoms with Crippen molar-refractivity contribution in [1.29, 1.82) is 0 Å². The van der Waals surface area contributed by atoms with Crippen molar-refractivity contribution in [2.45, 2.75) is 425 Å². The summed E-state index contributed by atoms with van der Waals surface area (Å²) in [6, 6.07) is 0. The molecule has 0 saturated heterocycles. The molecule has 0 aromatic carbocycles. The van der Waals surface area contributed by atoms with E-state index in [9.17, 15) is 14.4 Å². The molecule has 0 heterocycles. The van der Waals surface area contributed by atoms with E-state index in [-0.39, 0.29) is 31.1 Å². The lowest BCUT2D eigenvalue weighted by atomic mass is 10.0. The van der Waals surface area contributed by atoms with Crippen LogP contribution in [0.25, 0.3) is 0 Å². The van der Waals surface area contributed by atoms with Crippen LogP contribution in [0.5, 0.6) is 0 Å². The van der Waals surface area contributed by atoms with Crippen LogP contribution in [-0.2, 0) is 28.6 Å². The van der Waals surface area contributed by atoms with Gasteiger partial charge in [0.25, 0.3) is 0 Å². The molecule has 0 aliphatic carbocycles. The maximum atomic E-state index is 13.0. The van der Waals surface area contributed by atoms with Crippen LogP contribution in [0, 0.1) is 0 Å². The van der Waals surface area contributed by atoms with E-state index in [2.05, 4.69) is 57.2 Å². The van der Waals surface area contributed by atoms with E-state index < -0.39 is 6.10 Å². The first-order chi connectivity index (χ1) is 41.0. The smallest absolute Gasteiger partial charge is 0.306 e. The normalized spacial score (nSPS) is 12.2. The quantitative estimate of drug-likeness (QED) is 0.0261. The SMILES string of the molecule is CCCCCC/C=C\CCCCCCCC(=O)OCC(COC(=O)CCCCCCCCCCCCCCCCC/C=C\CCCCCCCCCC)OC(=O)CCCCCCCCCCCCCCC/C=C\CCCCCCCCCC. The van der Waals surface area contributed by atoms with Gasteiger partial charge in [-0.2, -0.15) is 0 Å². The lowest BCUT2D eigenvalue weighted by molar-refractivity contribution is -0.167. The minimum absolute atomic E-state index is 0.0700. The molecular weight excluding hydrogens is 1020 g/mol. The number of ether oxygens (including phenoxy) is 3. The Balaban J connectivity index is 4.20.